The van der Waals surface area contributed by atoms with Gasteiger partial charge in [0, 0.05) is 31.6 Å². The lowest BCUT2D eigenvalue weighted by molar-refractivity contribution is -0.178. The molecule has 1 aliphatic carbocycles. The lowest BCUT2D eigenvalue weighted by Gasteiger charge is -2.39. The molecule has 3 nitrogen and oxygen atoms in total. The molecular weight excluding hydrogens is 245 g/mol. The van der Waals surface area contributed by atoms with Crippen LogP contribution in [0.1, 0.15) is 25.7 Å². The van der Waals surface area contributed by atoms with Gasteiger partial charge in [-0.1, -0.05) is 6.07 Å². The summed E-state index contributed by atoms with van der Waals surface area (Å²) < 4.78 is 24.7. The van der Waals surface area contributed by atoms with Crippen LogP contribution in [-0.4, -0.2) is 32.1 Å². The van der Waals surface area contributed by atoms with Gasteiger partial charge < -0.3 is 14.4 Å². The molecule has 1 saturated heterocycles. The Kier molecular flexibility index (Phi) is 3.46. The van der Waals surface area contributed by atoms with Crippen molar-refractivity contribution in [3.8, 4) is 0 Å². The molecular formula is C15H20FNO2. The molecule has 0 amide bonds. The molecule has 2 aliphatic rings. The SMILES string of the molecule is CN(c1cccc(F)c1)C1CCC2(CC1)OCCO2. The Morgan fingerprint density at radius 2 is 1.89 bits per heavy atom. The van der Waals surface area contributed by atoms with E-state index in [0.717, 1.165) is 31.4 Å². The predicted octanol–water partition coefficient (Wildman–Crippen LogP) is 2.95. The highest BCUT2D eigenvalue weighted by atomic mass is 19.1. The smallest absolute Gasteiger partial charge is 0.168 e. The van der Waals surface area contributed by atoms with E-state index < -0.39 is 0 Å². The van der Waals surface area contributed by atoms with Crippen LogP contribution < -0.4 is 4.90 Å². The molecule has 0 unspecified atom stereocenters. The van der Waals surface area contributed by atoms with Crippen LogP contribution in [-0.2, 0) is 9.47 Å². The number of hydrogen-bond acceptors (Lipinski definition) is 3. The summed E-state index contributed by atoms with van der Waals surface area (Å²) in [5, 5.41) is 0. The number of rotatable bonds is 2. The van der Waals surface area contributed by atoms with E-state index in [1.807, 2.05) is 13.1 Å². The third kappa shape index (κ3) is 2.60. The largest absolute Gasteiger partial charge is 0.372 e. The van der Waals surface area contributed by atoms with Crippen LogP contribution in [0, 0.1) is 5.82 Å². The first-order valence-electron chi connectivity index (χ1n) is 6.95. The van der Waals surface area contributed by atoms with Crippen molar-refractivity contribution in [1.82, 2.24) is 0 Å². The zero-order chi connectivity index (χ0) is 13.3. The van der Waals surface area contributed by atoms with Crippen molar-refractivity contribution < 1.29 is 13.9 Å². The Morgan fingerprint density at radius 1 is 1.21 bits per heavy atom. The van der Waals surface area contributed by atoms with Crippen molar-refractivity contribution >= 4 is 5.69 Å². The van der Waals surface area contributed by atoms with Crippen molar-refractivity contribution in [2.75, 3.05) is 25.2 Å². The Balaban J connectivity index is 1.64. The van der Waals surface area contributed by atoms with Crippen LogP contribution in [0.4, 0.5) is 10.1 Å². The third-order valence-electron chi connectivity index (χ3n) is 4.29. The molecule has 104 valence electrons. The van der Waals surface area contributed by atoms with Crippen LogP contribution >= 0.6 is 0 Å². The normalized spacial score (nSPS) is 22.8. The molecule has 0 bridgehead atoms. The minimum Gasteiger partial charge on any atom is -0.372 e. The summed E-state index contributed by atoms with van der Waals surface area (Å²) in [5.41, 5.74) is 0.939. The monoisotopic (exact) mass is 265 g/mol. The first kappa shape index (κ1) is 12.9. The molecule has 0 radical (unpaired) electrons. The first-order chi connectivity index (χ1) is 9.19. The number of halogens is 1. The van der Waals surface area contributed by atoms with E-state index in [0.29, 0.717) is 19.3 Å². The first-order valence-corrected chi connectivity index (χ1v) is 6.95. The summed E-state index contributed by atoms with van der Waals surface area (Å²) >= 11 is 0. The molecule has 1 heterocycles. The second-order valence-corrected chi connectivity index (χ2v) is 5.43. The summed E-state index contributed by atoms with van der Waals surface area (Å²) in [6.45, 7) is 1.43. The highest BCUT2D eigenvalue weighted by Gasteiger charge is 2.41. The van der Waals surface area contributed by atoms with Crippen molar-refractivity contribution in [3.63, 3.8) is 0 Å². The molecule has 0 aromatic heterocycles. The fraction of sp³-hybridized carbons (Fsp3) is 0.600. The summed E-state index contributed by atoms with van der Waals surface area (Å²) in [6, 6.07) is 7.21. The van der Waals surface area contributed by atoms with Gasteiger partial charge in [0.05, 0.1) is 13.2 Å². The molecule has 1 spiro atoms. The van der Waals surface area contributed by atoms with Crippen LogP contribution in [0.2, 0.25) is 0 Å². The lowest BCUT2D eigenvalue weighted by Crippen LogP contribution is -2.42. The number of nitrogens with zero attached hydrogens (tertiary/aromatic N) is 1. The minimum atomic E-state index is -0.320. The Morgan fingerprint density at radius 3 is 2.53 bits per heavy atom. The molecule has 1 saturated carbocycles. The number of anilines is 1. The number of benzene rings is 1. The van der Waals surface area contributed by atoms with Gasteiger partial charge in [0.1, 0.15) is 5.82 Å². The van der Waals surface area contributed by atoms with E-state index in [9.17, 15) is 4.39 Å². The van der Waals surface area contributed by atoms with Gasteiger partial charge in [0.2, 0.25) is 0 Å². The molecule has 3 rings (SSSR count). The van der Waals surface area contributed by atoms with E-state index >= 15 is 0 Å². The summed E-state index contributed by atoms with van der Waals surface area (Å²) in [6.07, 6.45) is 3.90. The summed E-state index contributed by atoms with van der Waals surface area (Å²) in [5.74, 6) is -0.502. The van der Waals surface area contributed by atoms with Crippen molar-refractivity contribution in [1.29, 1.82) is 0 Å². The molecule has 0 N–H and O–H groups in total. The minimum absolute atomic E-state index is 0.181. The van der Waals surface area contributed by atoms with Gasteiger partial charge in [-0.25, -0.2) is 4.39 Å². The van der Waals surface area contributed by atoms with E-state index in [1.165, 1.54) is 6.07 Å². The second kappa shape index (κ2) is 5.10. The molecule has 1 aliphatic heterocycles. The van der Waals surface area contributed by atoms with E-state index in [-0.39, 0.29) is 11.6 Å². The maximum absolute atomic E-state index is 13.3. The molecule has 1 aromatic carbocycles. The molecule has 19 heavy (non-hydrogen) atoms. The fourth-order valence-electron chi connectivity index (χ4n) is 3.12. The number of ether oxygens (including phenoxy) is 2. The van der Waals surface area contributed by atoms with Crippen molar-refractivity contribution in [2.45, 2.75) is 37.5 Å². The second-order valence-electron chi connectivity index (χ2n) is 5.43. The topological polar surface area (TPSA) is 21.7 Å². The van der Waals surface area contributed by atoms with E-state index in [4.69, 9.17) is 9.47 Å². The highest BCUT2D eigenvalue weighted by Crippen LogP contribution is 2.38. The van der Waals surface area contributed by atoms with Gasteiger partial charge in [0.25, 0.3) is 0 Å². The van der Waals surface area contributed by atoms with Crippen molar-refractivity contribution in [3.05, 3.63) is 30.1 Å². The Labute approximate surface area is 113 Å². The standard InChI is InChI=1S/C15H20FNO2/c1-17(14-4-2-3-12(16)11-14)13-5-7-15(8-6-13)18-9-10-19-15/h2-4,11,13H,5-10H2,1H3. The van der Waals surface area contributed by atoms with Gasteiger partial charge >= 0.3 is 0 Å². The Bertz CT molecular complexity index is 436. The summed E-state index contributed by atoms with van der Waals surface area (Å²) in [4.78, 5) is 2.17. The quantitative estimate of drug-likeness (QED) is 0.820. The van der Waals surface area contributed by atoms with E-state index in [2.05, 4.69) is 4.90 Å². The Hall–Kier alpha value is -1.13. The molecule has 1 aromatic rings. The van der Waals surface area contributed by atoms with Crippen LogP contribution in [0.25, 0.3) is 0 Å². The van der Waals surface area contributed by atoms with E-state index in [1.54, 1.807) is 12.1 Å². The third-order valence-corrected chi connectivity index (χ3v) is 4.29. The molecule has 2 fully saturated rings. The average Bonchev–Trinajstić information content (AvgIpc) is 2.87. The van der Waals surface area contributed by atoms with Crippen molar-refractivity contribution in [2.24, 2.45) is 0 Å². The van der Waals surface area contributed by atoms with Gasteiger partial charge in [-0.2, -0.15) is 0 Å². The van der Waals surface area contributed by atoms with Crippen LogP contribution in [0.15, 0.2) is 24.3 Å². The zero-order valence-electron chi connectivity index (χ0n) is 11.3. The van der Waals surface area contributed by atoms with Crippen LogP contribution in [0.3, 0.4) is 0 Å². The van der Waals surface area contributed by atoms with Gasteiger partial charge in [-0.15, -0.1) is 0 Å². The number of hydrogen-bond donors (Lipinski definition) is 0. The molecule has 0 atom stereocenters. The zero-order valence-corrected chi connectivity index (χ0v) is 11.3. The van der Waals surface area contributed by atoms with Crippen LogP contribution in [0.5, 0.6) is 0 Å². The average molecular weight is 265 g/mol. The predicted molar refractivity (Wildman–Crippen MR) is 71.7 cm³/mol. The van der Waals surface area contributed by atoms with Gasteiger partial charge in [-0.05, 0) is 31.0 Å². The fourth-order valence-corrected chi connectivity index (χ4v) is 3.12. The molecule has 4 heteroatoms. The summed E-state index contributed by atoms with van der Waals surface area (Å²) in [7, 11) is 2.04. The van der Waals surface area contributed by atoms with Gasteiger partial charge in [-0.3, -0.25) is 0 Å². The maximum atomic E-state index is 13.3. The lowest BCUT2D eigenvalue weighted by atomic mass is 9.89. The van der Waals surface area contributed by atoms with Gasteiger partial charge in [0.15, 0.2) is 5.79 Å². The highest BCUT2D eigenvalue weighted by molar-refractivity contribution is 5.46. The maximum Gasteiger partial charge on any atom is 0.168 e.